The van der Waals surface area contributed by atoms with Gasteiger partial charge in [0.1, 0.15) is 0 Å². The Hall–Kier alpha value is -2.33. The number of hydrogen-bond acceptors (Lipinski definition) is 2. The second kappa shape index (κ2) is 9.08. The zero-order valence-electron chi connectivity index (χ0n) is 13.6. The highest BCUT2D eigenvalue weighted by Gasteiger charge is 2.05. The van der Waals surface area contributed by atoms with E-state index in [1.54, 1.807) is 6.07 Å². The van der Waals surface area contributed by atoms with Gasteiger partial charge in [-0.1, -0.05) is 41.4 Å². The fourth-order valence-corrected chi connectivity index (χ4v) is 2.39. The highest BCUT2D eigenvalue weighted by Crippen LogP contribution is 2.10. The van der Waals surface area contributed by atoms with Crippen molar-refractivity contribution in [1.29, 1.82) is 0 Å². The van der Waals surface area contributed by atoms with E-state index in [9.17, 15) is 9.59 Å². The van der Waals surface area contributed by atoms with Crippen LogP contribution in [-0.4, -0.2) is 24.9 Å². The Balaban J connectivity index is 1.64. The summed E-state index contributed by atoms with van der Waals surface area (Å²) in [4.78, 5) is 23.7. The number of rotatable bonds is 7. The molecule has 0 spiro atoms. The summed E-state index contributed by atoms with van der Waals surface area (Å²) in [6.45, 7) is 2.76. The predicted octanol–water partition coefficient (Wildman–Crippen LogP) is 3.13. The predicted molar refractivity (Wildman–Crippen MR) is 96.3 cm³/mol. The smallest absolute Gasteiger partial charge is 0.251 e. The maximum atomic E-state index is 11.9. The third kappa shape index (κ3) is 6.05. The molecular formula is C19H21ClN2O2. The Kier molecular flexibility index (Phi) is 6.82. The Morgan fingerprint density at radius 3 is 2.42 bits per heavy atom. The number of benzene rings is 2. The Bertz CT molecular complexity index is 699. The fourth-order valence-electron chi connectivity index (χ4n) is 2.26. The van der Waals surface area contributed by atoms with Gasteiger partial charge in [0.05, 0.1) is 0 Å². The Morgan fingerprint density at radius 1 is 1.00 bits per heavy atom. The standard InChI is InChI=1S/C19H21ClN2O2/c1-14-3-2-4-16(13-14)19(24)22-12-11-21-18(23)10-7-15-5-8-17(20)9-6-15/h2-6,8-9,13H,7,10-12H2,1H3,(H,21,23)(H,22,24). The van der Waals surface area contributed by atoms with E-state index >= 15 is 0 Å². The molecule has 0 aliphatic carbocycles. The average molecular weight is 345 g/mol. The molecule has 5 heteroatoms. The summed E-state index contributed by atoms with van der Waals surface area (Å²) in [7, 11) is 0. The van der Waals surface area contributed by atoms with Crippen LogP contribution in [0.15, 0.2) is 48.5 Å². The number of carbonyl (C=O) groups excluding carboxylic acids is 2. The molecule has 0 radical (unpaired) electrons. The number of amides is 2. The minimum Gasteiger partial charge on any atom is -0.354 e. The molecule has 0 bridgehead atoms. The van der Waals surface area contributed by atoms with E-state index in [-0.39, 0.29) is 11.8 Å². The third-order valence-corrected chi connectivity index (χ3v) is 3.82. The molecule has 0 unspecified atom stereocenters. The lowest BCUT2D eigenvalue weighted by molar-refractivity contribution is -0.121. The van der Waals surface area contributed by atoms with Crippen molar-refractivity contribution in [2.45, 2.75) is 19.8 Å². The highest BCUT2D eigenvalue weighted by molar-refractivity contribution is 6.30. The molecule has 0 aromatic heterocycles. The van der Waals surface area contributed by atoms with Crippen LogP contribution in [0.4, 0.5) is 0 Å². The van der Waals surface area contributed by atoms with E-state index in [1.807, 2.05) is 49.4 Å². The molecule has 2 N–H and O–H groups in total. The minimum atomic E-state index is -0.130. The molecule has 0 saturated carbocycles. The van der Waals surface area contributed by atoms with E-state index in [0.29, 0.717) is 36.5 Å². The first-order valence-corrected chi connectivity index (χ1v) is 8.28. The van der Waals surface area contributed by atoms with Crippen LogP contribution < -0.4 is 10.6 Å². The van der Waals surface area contributed by atoms with Crippen molar-refractivity contribution in [3.63, 3.8) is 0 Å². The van der Waals surface area contributed by atoms with Gasteiger partial charge in [-0.25, -0.2) is 0 Å². The Morgan fingerprint density at radius 2 is 1.71 bits per heavy atom. The van der Waals surface area contributed by atoms with Gasteiger partial charge in [-0.3, -0.25) is 9.59 Å². The third-order valence-electron chi connectivity index (χ3n) is 3.57. The van der Waals surface area contributed by atoms with E-state index in [1.165, 1.54) is 0 Å². The molecule has 126 valence electrons. The maximum Gasteiger partial charge on any atom is 0.251 e. The van der Waals surface area contributed by atoms with Crippen LogP contribution in [0.2, 0.25) is 5.02 Å². The first-order valence-electron chi connectivity index (χ1n) is 7.90. The molecule has 2 amide bonds. The molecule has 0 aliphatic rings. The summed E-state index contributed by atoms with van der Waals surface area (Å²) in [5.74, 6) is -0.163. The van der Waals surface area contributed by atoms with Crippen LogP contribution in [0.1, 0.15) is 27.9 Å². The molecule has 0 aliphatic heterocycles. The molecule has 0 saturated heterocycles. The zero-order valence-corrected chi connectivity index (χ0v) is 14.4. The van der Waals surface area contributed by atoms with Gasteiger partial charge in [-0.2, -0.15) is 0 Å². The monoisotopic (exact) mass is 344 g/mol. The lowest BCUT2D eigenvalue weighted by Gasteiger charge is -2.08. The molecule has 2 aromatic rings. The number of aryl methyl sites for hydroxylation is 2. The molecule has 2 aromatic carbocycles. The fraction of sp³-hybridized carbons (Fsp3) is 0.263. The molecule has 0 fully saturated rings. The molecule has 24 heavy (non-hydrogen) atoms. The summed E-state index contributed by atoms with van der Waals surface area (Å²) in [5, 5.41) is 6.28. The van der Waals surface area contributed by atoms with Gasteiger partial charge >= 0.3 is 0 Å². The van der Waals surface area contributed by atoms with Crippen molar-refractivity contribution in [3.05, 3.63) is 70.2 Å². The summed E-state index contributed by atoms with van der Waals surface area (Å²) >= 11 is 5.82. The van der Waals surface area contributed by atoms with Gasteiger partial charge in [0.25, 0.3) is 5.91 Å². The Labute approximate surface area is 147 Å². The van der Waals surface area contributed by atoms with Crippen LogP contribution in [0, 0.1) is 6.92 Å². The van der Waals surface area contributed by atoms with Gasteiger partial charge in [-0.15, -0.1) is 0 Å². The van der Waals surface area contributed by atoms with E-state index in [4.69, 9.17) is 11.6 Å². The van der Waals surface area contributed by atoms with E-state index in [0.717, 1.165) is 11.1 Å². The van der Waals surface area contributed by atoms with Gasteiger partial charge in [0, 0.05) is 30.1 Å². The summed E-state index contributed by atoms with van der Waals surface area (Å²) in [6, 6.07) is 14.9. The minimum absolute atomic E-state index is 0.0326. The topological polar surface area (TPSA) is 58.2 Å². The first kappa shape index (κ1) is 18.0. The maximum absolute atomic E-state index is 11.9. The first-order chi connectivity index (χ1) is 11.5. The van der Waals surface area contributed by atoms with Crippen LogP contribution in [0.25, 0.3) is 0 Å². The van der Waals surface area contributed by atoms with Crippen molar-refractivity contribution in [2.24, 2.45) is 0 Å². The second-order valence-electron chi connectivity index (χ2n) is 5.60. The molecule has 0 atom stereocenters. The summed E-state index contributed by atoms with van der Waals surface area (Å²) in [5.41, 5.74) is 2.74. The second-order valence-corrected chi connectivity index (χ2v) is 6.04. The van der Waals surface area contributed by atoms with Gasteiger partial charge in [-0.05, 0) is 43.2 Å². The normalized spacial score (nSPS) is 10.2. The molecule has 2 rings (SSSR count). The largest absolute Gasteiger partial charge is 0.354 e. The summed E-state index contributed by atoms with van der Waals surface area (Å²) in [6.07, 6.45) is 1.08. The van der Waals surface area contributed by atoms with Crippen LogP contribution in [0.5, 0.6) is 0 Å². The van der Waals surface area contributed by atoms with Crippen molar-refractivity contribution in [2.75, 3.05) is 13.1 Å². The molecular weight excluding hydrogens is 324 g/mol. The quantitative estimate of drug-likeness (QED) is 0.758. The number of halogens is 1. The van der Waals surface area contributed by atoms with Crippen LogP contribution in [0.3, 0.4) is 0 Å². The summed E-state index contributed by atoms with van der Waals surface area (Å²) < 4.78 is 0. The van der Waals surface area contributed by atoms with Gasteiger partial charge in [0.15, 0.2) is 0 Å². The van der Waals surface area contributed by atoms with Crippen molar-refractivity contribution >= 4 is 23.4 Å². The molecule has 0 heterocycles. The SMILES string of the molecule is Cc1cccc(C(=O)NCCNC(=O)CCc2ccc(Cl)cc2)c1. The number of carbonyl (C=O) groups is 2. The average Bonchev–Trinajstić information content (AvgIpc) is 2.58. The van der Waals surface area contributed by atoms with Crippen LogP contribution >= 0.6 is 11.6 Å². The number of nitrogens with one attached hydrogen (secondary N) is 2. The van der Waals surface area contributed by atoms with E-state index < -0.39 is 0 Å². The zero-order chi connectivity index (χ0) is 17.4. The van der Waals surface area contributed by atoms with Crippen molar-refractivity contribution < 1.29 is 9.59 Å². The highest BCUT2D eigenvalue weighted by atomic mass is 35.5. The van der Waals surface area contributed by atoms with Crippen LogP contribution in [-0.2, 0) is 11.2 Å². The number of hydrogen-bond donors (Lipinski definition) is 2. The van der Waals surface area contributed by atoms with Crippen molar-refractivity contribution in [1.82, 2.24) is 10.6 Å². The van der Waals surface area contributed by atoms with Gasteiger partial charge < -0.3 is 10.6 Å². The van der Waals surface area contributed by atoms with E-state index in [2.05, 4.69) is 10.6 Å². The van der Waals surface area contributed by atoms with Gasteiger partial charge in [0.2, 0.25) is 5.91 Å². The lowest BCUT2D eigenvalue weighted by Crippen LogP contribution is -2.34. The lowest BCUT2D eigenvalue weighted by atomic mass is 10.1. The molecule has 4 nitrogen and oxygen atoms in total. The van der Waals surface area contributed by atoms with Crippen molar-refractivity contribution in [3.8, 4) is 0 Å².